The summed E-state index contributed by atoms with van der Waals surface area (Å²) < 4.78 is 47.5. The van der Waals surface area contributed by atoms with Crippen molar-refractivity contribution in [1.82, 2.24) is 9.55 Å². The van der Waals surface area contributed by atoms with Gasteiger partial charge >= 0.3 is 21.4 Å². The lowest BCUT2D eigenvalue weighted by Gasteiger charge is -2.17. The summed E-state index contributed by atoms with van der Waals surface area (Å²) in [6, 6.07) is 1.23. The fraction of sp³-hybridized carbons (Fsp3) is 0.556. The van der Waals surface area contributed by atoms with Crippen molar-refractivity contribution in [3.8, 4) is 0 Å². The van der Waals surface area contributed by atoms with Crippen LogP contribution in [-0.2, 0) is 22.7 Å². The molecule has 1 aromatic rings. The molecular formula is C9H14FN3O10P2. The maximum atomic E-state index is 12.4. The van der Waals surface area contributed by atoms with Crippen LogP contribution in [0.3, 0.4) is 0 Å². The van der Waals surface area contributed by atoms with Gasteiger partial charge in [-0.15, -0.1) is 4.20 Å². The first-order valence-electron chi connectivity index (χ1n) is 6.47. The SMILES string of the molecule is Nc1ccn([C@@H]2O[C@H](COP(=O)(O)OP(=O)(O)F)[C@@H](O)[C@H]2O)c(=O)n1. The number of ether oxygens (including phenoxy) is 1. The molecule has 0 aliphatic carbocycles. The van der Waals surface area contributed by atoms with Crippen molar-refractivity contribution >= 4 is 21.5 Å². The first kappa shape index (κ1) is 20.1. The molecule has 1 aliphatic heterocycles. The van der Waals surface area contributed by atoms with Crippen LogP contribution < -0.4 is 11.4 Å². The first-order valence-corrected chi connectivity index (χ1v) is 9.43. The zero-order valence-corrected chi connectivity index (χ0v) is 13.9. The van der Waals surface area contributed by atoms with Gasteiger partial charge in [0.2, 0.25) is 0 Å². The maximum Gasteiger partial charge on any atom is 0.519 e. The van der Waals surface area contributed by atoms with Crippen LogP contribution in [0.2, 0.25) is 0 Å². The average molecular weight is 405 g/mol. The van der Waals surface area contributed by atoms with Gasteiger partial charge in [0.1, 0.15) is 24.1 Å². The second-order valence-corrected chi connectivity index (χ2v) is 7.64. The third-order valence-corrected chi connectivity index (χ3v) is 5.18. The van der Waals surface area contributed by atoms with Gasteiger partial charge in [0.05, 0.1) is 6.61 Å². The molecule has 142 valence electrons. The van der Waals surface area contributed by atoms with E-state index in [4.69, 9.17) is 20.3 Å². The van der Waals surface area contributed by atoms with Crippen LogP contribution in [0.1, 0.15) is 6.23 Å². The Labute approximate surface area is 138 Å². The topological polar surface area (TPSA) is 204 Å². The van der Waals surface area contributed by atoms with E-state index in [1.54, 1.807) is 0 Å². The normalized spacial score (nSPS) is 31.4. The number of aliphatic hydroxyl groups excluding tert-OH is 2. The van der Waals surface area contributed by atoms with E-state index in [0.29, 0.717) is 0 Å². The van der Waals surface area contributed by atoms with E-state index < -0.39 is 52.6 Å². The van der Waals surface area contributed by atoms with E-state index in [2.05, 4.69) is 13.8 Å². The predicted octanol–water partition coefficient (Wildman–Crippen LogP) is -1.35. The van der Waals surface area contributed by atoms with E-state index in [0.717, 1.165) is 10.8 Å². The van der Waals surface area contributed by atoms with Crippen LogP contribution in [0.15, 0.2) is 17.1 Å². The smallest absolute Gasteiger partial charge is 0.387 e. The van der Waals surface area contributed by atoms with Gasteiger partial charge in [-0.05, 0) is 6.07 Å². The van der Waals surface area contributed by atoms with Gasteiger partial charge in [0.15, 0.2) is 6.23 Å². The zero-order chi connectivity index (χ0) is 19.0. The van der Waals surface area contributed by atoms with Crippen molar-refractivity contribution in [3.63, 3.8) is 0 Å². The molecule has 2 unspecified atom stereocenters. The van der Waals surface area contributed by atoms with Crippen molar-refractivity contribution in [2.75, 3.05) is 12.3 Å². The molecule has 6 N–H and O–H groups in total. The molecule has 1 saturated heterocycles. The highest BCUT2D eigenvalue weighted by molar-refractivity contribution is 7.61. The zero-order valence-electron chi connectivity index (χ0n) is 12.2. The van der Waals surface area contributed by atoms with Crippen molar-refractivity contribution < 1.29 is 46.9 Å². The lowest BCUT2D eigenvalue weighted by molar-refractivity contribution is -0.0541. The minimum Gasteiger partial charge on any atom is -0.387 e. The summed E-state index contributed by atoms with van der Waals surface area (Å²) in [6.07, 6.45) is -5.07. The summed E-state index contributed by atoms with van der Waals surface area (Å²) in [4.78, 5) is 32.5. The molecule has 13 nitrogen and oxygen atoms in total. The minimum absolute atomic E-state index is 0.0906. The number of nitrogens with two attached hydrogens (primary N) is 1. The molecule has 1 aromatic heterocycles. The van der Waals surface area contributed by atoms with Gasteiger partial charge in [-0.3, -0.25) is 14.0 Å². The Kier molecular flexibility index (Phi) is 5.78. The number of anilines is 1. The van der Waals surface area contributed by atoms with Crippen molar-refractivity contribution in [1.29, 1.82) is 0 Å². The lowest BCUT2D eigenvalue weighted by atomic mass is 10.1. The molecule has 0 saturated carbocycles. The molecule has 0 amide bonds. The Bertz CT molecular complexity index is 783. The molecule has 2 heterocycles. The van der Waals surface area contributed by atoms with Crippen molar-refractivity contribution in [3.05, 3.63) is 22.7 Å². The molecular weight excluding hydrogens is 391 g/mol. The van der Waals surface area contributed by atoms with Gasteiger partial charge in [0, 0.05) is 6.20 Å². The average Bonchev–Trinajstić information content (AvgIpc) is 2.71. The lowest BCUT2D eigenvalue weighted by Crippen LogP contribution is -2.36. The Morgan fingerprint density at radius 1 is 1.36 bits per heavy atom. The number of phosphoric ester groups is 1. The van der Waals surface area contributed by atoms with E-state index in [9.17, 15) is 28.3 Å². The number of aromatic nitrogens is 2. The molecule has 0 aromatic carbocycles. The van der Waals surface area contributed by atoms with Crippen molar-refractivity contribution in [2.24, 2.45) is 0 Å². The number of halogens is 1. The van der Waals surface area contributed by atoms with Gasteiger partial charge in [-0.25, -0.2) is 13.9 Å². The Morgan fingerprint density at radius 2 is 2.00 bits per heavy atom. The molecule has 1 fully saturated rings. The van der Waals surface area contributed by atoms with Crippen molar-refractivity contribution in [2.45, 2.75) is 24.5 Å². The summed E-state index contributed by atoms with van der Waals surface area (Å²) in [7, 11) is -11.1. The van der Waals surface area contributed by atoms with Gasteiger partial charge < -0.3 is 25.6 Å². The Morgan fingerprint density at radius 3 is 2.56 bits per heavy atom. The molecule has 1 aliphatic rings. The van der Waals surface area contributed by atoms with E-state index >= 15 is 0 Å². The number of aliphatic hydroxyl groups is 2. The van der Waals surface area contributed by atoms with Crippen LogP contribution in [-0.4, -0.2) is 54.5 Å². The highest BCUT2D eigenvalue weighted by atomic mass is 31.3. The highest BCUT2D eigenvalue weighted by Crippen LogP contribution is 2.60. The first-order chi connectivity index (χ1) is 11.4. The number of nitrogen functional groups attached to an aromatic ring is 1. The second-order valence-electron chi connectivity index (χ2n) is 4.89. The Balaban J connectivity index is 2.08. The summed E-state index contributed by atoms with van der Waals surface area (Å²) in [5.74, 6) is -0.0906. The summed E-state index contributed by atoms with van der Waals surface area (Å²) in [5.41, 5.74) is 4.42. The van der Waals surface area contributed by atoms with E-state index in [1.165, 1.54) is 6.07 Å². The predicted molar refractivity (Wildman–Crippen MR) is 76.6 cm³/mol. The fourth-order valence-corrected chi connectivity index (χ4v) is 3.58. The number of rotatable bonds is 6. The molecule has 25 heavy (non-hydrogen) atoms. The molecule has 2 rings (SSSR count). The number of hydrogen-bond donors (Lipinski definition) is 5. The molecule has 0 radical (unpaired) electrons. The molecule has 0 bridgehead atoms. The molecule has 0 spiro atoms. The van der Waals surface area contributed by atoms with Gasteiger partial charge in [0.25, 0.3) is 0 Å². The third kappa shape index (κ3) is 5.14. The summed E-state index contributed by atoms with van der Waals surface area (Å²) in [6.45, 7) is -0.931. The van der Waals surface area contributed by atoms with E-state index in [-0.39, 0.29) is 5.82 Å². The largest absolute Gasteiger partial charge is 0.519 e. The number of nitrogens with zero attached hydrogens (tertiary/aromatic N) is 2. The fourth-order valence-electron chi connectivity index (χ4n) is 2.03. The second kappa shape index (κ2) is 7.19. The number of hydrogen-bond acceptors (Lipinski definition) is 10. The van der Waals surface area contributed by atoms with Crippen LogP contribution in [0.4, 0.5) is 10.0 Å². The van der Waals surface area contributed by atoms with Crippen LogP contribution in [0, 0.1) is 0 Å². The maximum absolute atomic E-state index is 12.4. The van der Waals surface area contributed by atoms with Gasteiger partial charge in [-0.1, -0.05) is 0 Å². The van der Waals surface area contributed by atoms with Gasteiger partial charge in [-0.2, -0.15) is 9.29 Å². The standard InChI is InChI=1S/C9H14FN3O10P2/c10-24(17,18)23-25(19,20)21-3-4-6(14)7(15)8(22-4)13-2-1-5(11)12-9(13)16/h1-2,4,6-8,14-15H,3H2,(H,17,18)(H,19,20)(H2,11,12,16)/t4-,6-,7-,8-/m1/s1. The highest BCUT2D eigenvalue weighted by Gasteiger charge is 2.45. The summed E-state index contributed by atoms with van der Waals surface area (Å²) in [5, 5.41) is 19.8. The van der Waals surface area contributed by atoms with Crippen LogP contribution in [0.5, 0.6) is 0 Å². The Hall–Kier alpha value is -1.21. The van der Waals surface area contributed by atoms with Crippen LogP contribution >= 0.6 is 15.7 Å². The quantitative estimate of drug-likeness (QED) is 0.349. The molecule has 16 heteroatoms. The number of phosphoric acid groups is 1. The molecule has 6 atom stereocenters. The monoisotopic (exact) mass is 405 g/mol. The minimum atomic E-state index is -5.80. The summed E-state index contributed by atoms with van der Waals surface area (Å²) >= 11 is 0. The third-order valence-electron chi connectivity index (χ3n) is 3.07. The van der Waals surface area contributed by atoms with Crippen LogP contribution in [0.25, 0.3) is 0 Å². The van der Waals surface area contributed by atoms with E-state index in [1.807, 2.05) is 0 Å².